The van der Waals surface area contributed by atoms with Gasteiger partial charge in [0, 0.05) is 6.54 Å². The van der Waals surface area contributed by atoms with E-state index in [2.05, 4.69) is 29.0 Å². The number of thiazole rings is 1. The van der Waals surface area contributed by atoms with Crippen LogP contribution in [0.25, 0.3) is 0 Å². The summed E-state index contributed by atoms with van der Waals surface area (Å²) in [5.41, 5.74) is 0. The second-order valence-electron chi connectivity index (χ2n) is 3.62. The van der Waals surface area contributed by atoms with E-state index in [9.17, 15) is 0 Å². The van der Waals surface area contributed by atoms with Crippen molar-refractivity contribution in [2.24, 2.45) is 0 Å². The van der Waals surface area contributed by atoms with E-state index in [1.807, 2.05) is 0 Å². The van der Waals surface area contributed by atoms with Gasteiger partial charge < -0.3 is 10.2 Å². The molecule has 0 fully saturated rings. The Hall–Kier alpha value is -0.160. The summed E-state index contributed by atoms with van der Waals surface area (Å²) in [6.07, 6.45) is 2.89. The molecule has 0 aliphatic carbocycles. The molecule has 0 aromatic carbocycles. The van der Waals surface area contributed by atoms with Gasteiger partial charge in [0.2, 0.25) is 0 Å². The maximum atomic E-state index is 5.80. The zero-order chi connectivity index (χ0) is 11.8. The van der Waals surface area contributed by atoms with Gasteiger partial charge in [-0.15, -0.1) is 11.3 Å². The number of halogens is 1. The van der Waals surface area contributed by atoms with Gasteiger partial charge in [0.1, 0.15) is 9.34 Å². The maximum Gasteiger partial charge on any atom is 0.113 e. The molecule has 1 heterocycles. The summed E-state index contributed by atoms with van der Waals surface area (Å²) < 4.78 is 0.764. The smallest absolute Gasteiger partial charge is 0.113 e. The van der Waals surface area contributed by atoms with Crippen LogP contribution in [0.3, 0.4) is 0 Å². The number of nitrogens with one attached hydrogen (secondary N) is 1. The van der Waals surface area contributed by atoms with Crippen LogP contribution in [-0.2, 0) is 6.54 Å². The Morgan fingerprint density at radius 2 is 2.19 bits per heavy atom. The van der Waals surface area contributed by atoms with Crippen molar-refractivity contribution >= 4 is 22.9 Å². The van der Waals surface area contributed by atoms with Gasteiger partial charge in [0.05, 0.1) is 6.20 Å². The van der Waals surface area contributed by atoms with E-state index < -0.39 is 0 Å². The molecular weight excluding hydrogens is 242 g/mol. The van der Waals surface area contributed by atoms with Gasteiger partial charge in [-0.2, -0.15) is 0 Å². The molecule has 92 valence electrons. The molecule has 3 nitrogen and oxygen atoms in total. The van der Waals surface area contributed by atoms with Crippen LogP contribution in [0.5, 0.6) is 0 Å². The van der Waals surface area contributed by atoms with Gasteiger partial charge in [0.25, 0.3) is 0 Å². The van der Waals surface area contributed by atoms with E-state index in [1.54, 1.807) is 17.5 Å². The van der Waals surface area contributed by atoms with Crippen molar-refractivity contribution in [3.05, 3.63) is 15.5 Å². The Bertz CT molecular complexity index is 287. The second kappa shape index (κ2) is 8.01. The normalized spacial score (nSPS) is 11.2. The fourth-order valence-electron chi connectivity index (χ4n) is 1.53. The van der Waals surface area contributed by atoms with Crippen LogP contribution in [0.1, 0.15) is 25.3 Å². The van der Waals surface area contributed by atoms with Crippen molar-refractivity contribution in [2.75, 3.05) is 26.2 Å². The molecule has 0 unspecified atom stereocenters. The minimum atomic E-state index is 0.764. The molecule has 0 bridgehead atoms. The Morgan fingerprint density at radius 3 is 2.75 bits per heavy atom. The topological polar surface area (TPSA) is 28.2 Å². The molecule has 16 heavy (non-hydrogen) atoms. The lowest BCUT2D eigenvalue weighted by molar-refractivity contribution is 0.298. The third kappa shape index (κ3) is 5.25. The number of nitrogens with zero attached hydrogens (tertiary/aromatic N) is 2. The SMILES string of the molecule is CCN(CC)CCCNCc1ncc(Cl)s1. The lowest BCUT2D eigenvalue weighted by Crippen LogP contribution is -2.27. The molecule has 0 spiro atoms. The number of hydrogen-bond donors (Lipinski definition) is 1. The Morgan fingerprint density at radius 1 is 1.44 bits per heavy atom. The summed E-state index contributed by atoms with van der Waals surface area (Å²) in [4.78, 5) is 6.63. The second-order valence-corrected chi connectivity index (χ2v) is 5.36. The predicted molar refractivity (Wildman–Crippen MR) is 71.2 cm³/mol. The van der Waals surface area contributed by atoms with Crippen molar-refractivity contribution in [3.63, 3.8) is 0 Å². The third-order valence-electron chi connectivity index (χ3n) is 2.52. The minimum Gasteiger partial charge on any atom is -0.310 e. The highest BCUT2D eigenvalue weighted by Crippen LogP contribution is 2.17. The molecule has 0 atom stereocenters. The van der Waals surface area contributed by atoms with Crippen molar-refractivity contribution in [3.8, 4) is 0 Å². The lowest BCUT2D eigenvalue weighted by Gasteiger charge is -2.17. The Labute approximate surface area is 107 Å². The van der Waals surface area contributed by atoms with E-state index >= 15 is 0 Å². The molecule has 0 saturated carbocycles. The zero-order valence-corrected chi connectivity index (χ0v) is 11.6. The van der Waals surface area contributed by atoms with E-state index in [0.29, 0.717) is 0 Å². The molecule has 1 rings (SSSR count). The van der Waals surface area contributed by atoms with Gasteiger partial charge in [0.15, 0.2) is 0 Å². The van der Waals surface area contributed by atoms with Crippen LogP contribution < -0.4 is 5.32 Å². The Balaban J connectivity index is 2.04. The van der Waals surface area contributed by atoms with Gasteiger partial charge in [-0.3, -0.25) is 0 Å². The molecule has 0 aliphatic rings. The summed E-state index contributed by atoms with van der Waals surface area (Å²) in [5, 5.41) is 4.44. The molecule has 0 amide bonds. The van der Waals surface area contributed by atoms with E-state index in [1.165, 1.54) is 13.0 Å². The van der Waals surface area contributed by atoms with Crippen LogP contribution in [0.4, 0.5) is 0 Å². The molecule has 1 aromatic rings. The molecule has 5 heteroatoms. The van der Waals surface area contributed by atoms with Gasteiger partial charge in [-0.05, 0) is 32.6 Å². The first-order valence-corrected chi connectivity index (χ1v) is 6.99. The number of aromatic nitrogens is 1. The van der Waals surface area contributed by atoms with Crippen molar-refractivity contribution < 1.29 is 0 Å². The maximum absolute atomic E-state index is 5.80. The predicted octanol–water partition coefficient (Wildman–Crippen LogP) is 2.62. The van der Waals surface area contributed by atoms with Crippen molar-refractivity contribution in [1.29, 1.82) is 0 Å². The average molecular weight is 262 g/mol. The van der Waals surface area contributed by atoms with Gasteiger partial charge >= 0.3 is 0 Å². The van der Waals surface area contributed by atoms with Gasteiger partial charge in [-0.1, -0.05) is 25.4 Å². The van der Waals surface area contributed by atoms with Crippen LogP contribution in [0.2, 0.25) is 4.34 Å². The van der Waals surface area contributed by atoms with Crippen molar-refractivity contribution in [1.82, 2.24) is 15.2 Å². The largest absolute Gasteiger partial charge is 0.310 e. The molecule has 0 saturated heterocycles. The fraction of sp³-hybridized carbons (Fsp3) is 0.727. The first kappa shape index (κ1) is 13.9. The first-order chi connectivity index (χ1) is 7.76. The summed E-state index contributed by atoms with van der Waals surface area (Å²) >= 11 is 7.34. The molecular formula is C11H20ClN3S. The van der Waals surface area contributed by atoms with Crippen LogP contribution >= 0.6 is 22.9 Å². The van der Waals surface area contributed by atoms with Crippen LogP contribution in [0.15, 0.2) is 6.20 Å². The third-order valence-corrected chi connectivity index (χ3v) is 3.64. The first-order valence-electron chi connectivity index (χ1n) is 5.79. The summed E-state index contributed by atoms with van der Waals surface area (Å²) in [6.45, 7) is 9.71. The lowest BCUT2D eigenvalue weighted by atomic mass is 10.3. The standard InChI is InChI=1S/C11H20ClN3S/c1-3-15(4-2)7-5-6-13-9-11-14-8-10(12)16-11/h8,13H,3-7,9H2,1-2H3. The molecule has 0 radical (unpaired) electrons. The van der Waals surface area contributed by atoms with E-state index in [0.717, 1.165) is 35.5 Å². The van der Waals surface area contributed by atoms with E-state index in [-0.39, 0.29) is 0 Å². The summed E-state index contributed by atoms with van der Waals surface area (Å²) in [6, 6.07) is 0. The van der Waals surface area contributed by atoms with Crippen LogP contribution in [-0.4, -0.2) is 36.1 Å². The number of hydrogen-bond acceptors (Lipinski definition) is 4. The highest BCUT2D eigenvalue weighted by atomic mass is 35.5. The monoisotopic (exact) mass is 261 g/mol. The summed E-state index contributed by atoms with van der Waals surface area (Å²) in [7, 11) is 0. The highest BCUT2D eigenvalue weighted by molar-refractivity contribution is 7.15. The molecule has 0 aliphatic heterocycles. The van der Waals surface area contributed by atoms with Gasteiger partial charge in [-0.25, -0.2) is 4.98 Å². The molecule has 1 N–H and O–H groups in total. The van der Waals surface area contributed by atoms with E-state index in [4.69, 9.17) is 11.6 Å². The highest BCUT2D eigenvalue weighted by Gasteiger charge is 2.00. The fourth-order valence-corrected chi connectivity index (χ4v) is 2.46. The quantitative estimate of drug-likeness (QED) is 0.730. The average Bonchev–Trinajstić information content (AvgIpc) is 2.70. The molecule has 1 aromatic heterocycles. The minimum absolute atomic E-state index is 0.764. The van der Waals surface area contributed by atoms with Crippen LogP contribution in [0, 0.1) is 0 Å². The Kier molecular flexibility index (Phi) is 6.96. The summed E-state index contributed by atoms with van der Waals surface area (Å²) in [5.74, 6) is 0. The van der Waals surface area contributed by atoms with Crippen molar-refractivity contribution in [2.45, 2.75) is 26.8 Å². The number of rotatable bonds is 8. The zero-order valence-electron chi connectivity index (χ0n) is 10.0.